The van der Waals surface area contributed by atoms with E-state index < -0.39 is 0 Å². The van der Waals surface area contributed by atoms with Gasteiger partial charge in [-0.05, 0) is 43.7 Å². The third-order valence-electron chi connectivity index (χ3n) is 3.21. The molecule has 2 aromatic carbocycles. The molecule has 0 aliphatic carbocycles. The highest BCUT2D eigenvalue weighted by atomic mass is 16.2. The predicted molar refractivity (Wildman–Crippen MR) is 92.7 cm³/mol. The number of urea groups is 1. The van der Waals surface area contributed by atoms with Crippen LogP contribution < -0.4 is 10.6 Å². The number of hydrogen-bond acceptors (Lipinski definition) is 2. The van der Waals surface area contributed by atoms with Crippen molar-refractivity contribution in [2.24, 2.45) is 0 Å². The zero-order valence-electron chi connectivity index (χ0n) is 13.1. The maximum absolute atomic E-state index is 12.0. The first-order chi connectivity index (χ1) is 11.1. The summed E-state index contributed by atoms with van der Waals surface area (Å²) in [5.74, 6) is 5.80. The van der Waals surface area contributed by atoms with Crippen LogP contribution in [0.1, 0.15) is 29.8 Å². The number of benzene rings is 2. The van der Waals surface area contributed by atoms with Crippen molar-refractivity contribution in [3.63, 3.8) is 0 Å². The van der Waals surface area contributed by atoms with Crippen LogP contribution in [0.15, 0.2) is 48.5 Å². The summed E-state index contributed by atoms with van der Waals surface area (Å²) in [6.45, 7) is 3.30. The Balaban J connectivity index is 1.97. The number of nitrogens with one attached hydrogen (secondary N) is 2. The van der Waals surface area contributed by atoms with Crippen molar-refractivity contribution >= 4 is 23.2 Å². The second-order valence-electron chi connectivity index (χ2n) is 5.02. The molecule has 2 aromatic rings. The highest BCUT2D eigenvalue weighted by molar-refractivity contribution is 6.01. The molecule has 0 aromatic heterocycles. The monoisotopic (exact) mass is 306 g/mol. The minimum absolute atomic E-state index is 0.0418. The van der Waals surface area contributed by atoms with E-state index in [0.29, 0.717) is 23.4 Å². The number of hydrogen-bond donors (Lipinski definition) is 2. The molecular weight excluding hydrogens is 288 g/mol. The normalized spacial score (nSPS) is 9.48. The van der Waals surface area contributed by atoms with E-state index in [9.17, 15) is 9.59 Å². The molecule has 2 N–H and O–H groups in total. The standard InChI is InChI=1S/C19H18N2O2/c1-3-4-6-15-9-11-17(12-10-15)20-19(23)21-18-8-5-7-16(13-18)14(2)22/h5,7-13H,6H2,1-2H3,(H2,20,21,23). The topological polar surface area (TPSA) is 58.2 Å². The van der Waals surface area contributed by atoms with E-state index in [4.69, 9.17) is 0 Å². The highest BCUT2D eigenvalue weighted by Gasteiger charge is 2.05. The lowest BCUT2D eigenvalue weighted by molar-refractivity contribution is 0.101. The fourth-order valence-electron chi connectivity index (χ4n) is 2.01. The lowest BCUT2D eigenvalue weighted by atomic mass is 10.1. The number of anilines is 2. The molecule has 4 heteroatoms. The van der Waals surface area contributed by atoms with E-state index >= 15 is 0 Å². The van der Waals surface area contributed by atoms with E-state index in [0.717, 1.165) is 5.56 Å². The summed E-state index contributed by atoms with van der Waals surface area (Å²) in [5.41, 5.74) is 2.92. The zero-order chi connectivity index (χ0) is 16.7. The van der Waals surface area contributed by atoms with Gasteiger partial charge in [-0.15, -0.1) is 5.92 Å². The molecule has 0 saturated carbocycles. The molecule has 0 unspecified atom stereocenters. The van der Waals surface area contributed by atoms with Gasteiger partial charge in [-0.3, -0.25) is 4.79 Å². The third-order valence-corrected chi connectivity index (χ3v) is 3.21. The van der Waals surface area contributed by atoms with Crippen LogP contribution in [0.25, 0.3) is 0 Å². The highest BCUT2D eigenvalue weighted by Crippen LogP contribution is 2.13. The molecule has 0 saturated heterocycles. The fraction of sp³-hybridized carbons (Fsp3) is 0.158. The molecule has 0 heterocycles. The summed E-state index contributed by atoms with van der Waals surface area (Å²) in [6, 6.07) is 14.0. The second-order valence-corrected chi connectivity index (χ2v) is 5.02. The summed E-state index contributed by atoms with van der Waals surface area (Å²) < 4.78 is 0. The Morgan fingerprint density at radius 1 is 1.00 bits per heavy atom. The van der Waals surface area contributed by atoms with Crippen molar-refractivity contribution in [2.75, 3.05) is 10.6 Å². The van der Waals surface area contributed by atoms with Gasteiger partial charge in [-0.25, -0.2) is 4.79 Å². The lowest BCUT2D eigenvalue weighted by Crippen LogP contribution is -2.19. The number of Topliss-reactive ketones (excluding diaryl/α,β-unsaturated/α-hetero) is 1. The van der Waals surface area contributed by atoms with Gasteiger partial charge in [0.25, 0.3) is 0 Å². The largest absolute Gasteiger partial charge is 0.323 e. The van der Waals surface area contributed by atoms with Crippen LogP contribution in [0.5, 0.6) is 0 Å². The molecule has 0 bridgehead atoms. The molecule has 0 fully saturated rings. The SMILES string of the molecule is CC#CCc1ccc(NC(=O)Nc2cccc(C(C)=O)c2)cc1. The van der Waals surface area contributed by atoms with E-state index in [-0.39, 0.29) is 11.8 Å². The molecule has 0 aliphatic heterocycles. The average molecular weight is 306 g/mol. The van der Waals surface area contributed by atoms with Crippen molar-refractivity contribution in [1.29, 1.82) is 0 Å². The van der Waals surface area contributed by atoms with Gasteiger partial charge in [0.2, 0.25) is 0 Å². The quantitative estimate of drug-likeness (QED) is 0.660. The number of rotatable bonds is 4. The summed E-state index contributed by atoms with van der Waals surface area (Å²) in [6.07, 6.45) is 0.695. The van der Waals surface area contributed by atoms with Gasteiger partial charge >= 0.3 is 6.03 Å². The Bertz CT molecular complexity index is 768. The number of amides is 2. The summed E-state index contributed by atoms with van der Waals surface area (Å²) >= 11 is 0. The van der Waals surface area contributed by atoms with E-state index in [2.05, 4.69) is 22.5 Å². The number of ketones is 1. The molecule has 2 amide bonds. The van der Waals surface area contributed by atoms with Gasteiger partial charge in [-0.1, -0.05) is 30.2 Å². The van der Waals surface area contributed by atoms with E-state index in [1.165, 1.54) is 6.92 Å². The molecule has 2 rings (SSSR count). The maximum atomic E-state index is 12.0. The summed E-state index contributed by atoms with van der Waals surface area (Å²) in [4.78, 5) is 23.3. The maximum Gasteiger partial charge on any atom is 0.323 e. The number of carbonyl (C=O) groups is 2. The van der Waals surface area contributed by atoms with Crippen LogP contribution in [0, 0.1) is 11.8 Å². The molecule has 23 heavy (non-hydrogen) atoms. The molecule has 0 spiro atoms. The Morgan fingerprint density at radius 2 is 1.70 bits per heavy atom. The Labute approximate surface area is 135 Å². The van der Waals surface area contributed by atoms with Crippen molar-refractivity contribution in [2.45, 2.75) is 20.3 Å². The van der Waals surface area contributed by atoms with Gasteiger partial charge in [-0.2, -0.15) is 0 Å². The molecule has 0 atom stereocenters. The Kier molecular flexibility index (Phi) is 5.54. The minimum Gasteiger partial charge on any atom is -0.308 e. The van der Waals surface area contributed by atoms with Gasteiger partial charge in [0, 0.05) is 23.4 Å². The molecular formula is C19H18N2O2. The van der Waals surface area contributed by atoms with Crippen molar-refractivity contribution in [1.82, 2.24) is 0 Å². The van der Waals surface area contributed by atoms with Gasteiger partial charge in [0.15, 0.2) is 5.78 Å². The van der Waals surface area contributed by atoms with E-state index in [1.54, 1.807) is 31.2 Å². The predicted octanol–water partition coefficient (Wildman–Crippen LogP) is 4.10. The summed E-state index contributed by atoms with van der Waals surface area (Å²) in [5, 5.41) is 5.46. The number of carbonyl (C=O) groups excluding carboxylic acids is 2. The van der Waals surface area contributed by atoms with Gasteiger partial charge in [0.05, 0.1) is 0 Å². The second kappa shape index (κ2) is 7.81. The lowest BCUT2D eigenvalue weighted by Gasteiger charge is -2.09. The first-order valence-corrected chi connectivity index (χ1v) is 7.26. The molecule has 0 radical (unpaired) electrons. The van der Waals surface area contributed by atoms with Crippen molar-refractivity contribution in [3.8, 4) is 11.8 Å². The van der Waals surface area contributed by atoms with Crippen molar-refractivity contribution in [3.05, 3.63) is 59.7 Å². The van der Waals surface area contributed by atoms with E-state index in [1.807, 2.05) is 24.3 Å². The first-order valence-electron chi connectivity index (χ1n) is 7.26. The van der Waals surface area contributed by atoms with Gasteiger partial charge < -0.3 is 10.6 Å². The average Bonchev–Trinajstić information content (AvgIpc) is 2.54. The Morgan fingerprint density at radius 3 is 2.35 bits per heavy atom. The van der Waals surface area contributed by atoms with Crippen LogP contribution in [0.4, 0.5) is 16.2 Å². The summed E-state index contributed by atoms with van der Waals surface area (Å²) in [7, 11) is 0. The van der Waals surface area contributed by atoms with Crippen LogP contribution >= 0.6 is 0 Å². The van der Waals surface area contributed by atoms with Crippen LogP contribution in [0.3, 0.4) is 0 Å². The van der Waals surface area contributed by atoms with Gasteiger partial charge in [0.1, 0.15) is 0 Å². The van der Waals surface area contributed by atoms with Crippen LogP contribution in [-0.4, -0.2) is 11.8 Å². The molecule has 0 aliphatic rings. The molecule has 116 valence electrons. The first kappa shape index (κ1) is 16.3. The van der Waals surface area contributed by atoms with Crippen LogP contribution in [0.2, 0.25) is 0 Å². The Hall–Kier alpha value is -3.06. The van der Waals surface area contributed by atoms with Crippen molar-refractivity contribution < 1.29 is 9.59 Å². The molecule has 4 nitrogen and oxygen atoms in total. The smallest absolute Gasteiger partial charge is 0.308 e. The zero-order valence-corrected chi connectivity index (χ0v) is 13.1. The third kappa shape index (κ3) is 5.01. The minimum atomic E-state index is -0.355. The fourth-order valence-corrected chi connectivity index (χ4v) is 2.01. The van der Waals surface area contributed by atoms with Crippen LogP contribution in [-0.2, 0) is 6.42 Å².